The lowest BCUT2D eigenvalue weighted by atomic mass is 9.77. The highest BCUT2D eigenvalue weighted by atomic mass is 16.7. The zero-order valence-electron chi connectivity index (χ0n) is 22.1. The Labute approximate surface area is 211 Å². The molecule has 1 saturated heterocycles. The summed E-state index contributed by atoms with van der Waals surface area (Å²) < 4.78 is 17.8. The topological polar surface area (TPSA) is 44.8 Å². The maximum absolute atomic E-state index is 12.7. The third-order valence-corrected chi connectivity index (χ3v) is 8.30. The molecule has 0 amide bonds. The monoisotopic (exact) mass is 476 g/mol. The van der Waals surface area contributed by atoms with E-state index in [9.17, 15) is 4.79 Å². The third-order valence-electron chi connectivity index (χ3n) is 8.30. The number of carbonyl (C=O) groups excluding carboxylic acids is 1. The van der Waals surface area contributed by atoms with Gasteiger partial charge in [0.2, 0.25) is 0 Å². The Morgan fingerprint density at radius 2 is 1.49 bits per heavy atom. The van der Waals surface area contributed by atoms with Crippen molar-refractivity contribution in [2.24, 2.45) is 5.92 Å². The van der Waals surface area contributed by atoms with E-state index in [1.165, 1.54) is 56.9 Å². The number of benzene rings is 2. The summed E-state index contributed by atoms with van der Waals surface area (Å²) in [6.07, 6.45) is 10.7. The van der Waals surface area contributed by atoms with Crippen LogP contribution < -0.4 is 10.2 Å². The van der Waals surface area contributed by atoms with E-state index in [0.717, 1.165) is 11.4 Å². The van der Waals surface area contributed by atoms with Crippen LogP contribution in [0, 0.1) is 5.92 Å². The third kappa shape index (κ3) is 6.18. The van der Waals surface area contributed by atoms with Gasteiger partial charge in [-0.05, 0) is 101 Å². The predicted molar refractivity (Wildman–Crippen MR) is 142 cm³/mol. The number of ether oxygens (including phenoxy) is 1. The van der Waals surface area contributed by atoms with E-state index in [1.807, 2.05) is 52.0 Å². The van der Waals surface area contributed by atoms with Gasteiger partial charge < -0.3 is 14.0 Å². The largest absolute Gasteiger partial charge is 0.494 e. The smallest absolute Gasteiger partial charge is 0.423 e. The van der Waals surface area contributed by atoms with Crippen LogP contribution in [0.3, 0.4) is 0 Å². The highest BCUT2D eigenvalue weighted by molar-refractivity contribution is 6.62. The van der Waals surface area contributed by atoms with Gasteiger partial charge in [0.15, 0.2) is 0 Å². The highest BCUT2D eigenvalue weighted by Crippen LogP contribution is 2.38. The maximum atomic E-state index is 12.7. The van der Waals surface area contributed by atoms with Crippen molar-refractivity contribution in [2.45, 2.75) is 103 Å². The molecule has 2 aliphatic rings. The SMILES string of the molecule is CCCCCC1CCC(c2ccc(OC(=O)c3ccc(B4OC(C)(C)C(C)(C)O4)cc3)cc2)CC1. The molecular formula is C30H41BO4. The predicted octanol–water partition coefficient (Wildman–Crippen LogP) is 7.06. The first-order valence-electron chi connectivity index (χ1n) is 13.5. The van der Waals surface area contributed by atoms with Crippen molar-refractivity contribution in [3.05, 3.63) is 59.7 Å². The molecule has 0 N–H and O–H groups in total. The molecule has 2 fully saturated rings. The van der Waals surface area contributed by atoms with Crippen LogP contribution in [0.15, 0.2) is 48.5 Å². The molecule has 0 atom stereocenters. The average Bonchev–Trinajstić information content (AvgIpc) is 3.07. The first kappa shape index (κ1) is 26.0. The second kappa shape index (κ2) is 10.9. The lowest BCUT2D eigenvalue weighted by Gasteiger charge is -2.32. The molecule has 188 valence electrons. The molecule has 0 radical (unpaired) electrons. The fourth-order valence-electron chi connectivity index (χ4n) is 5.20. The molecule has 0 unspecified atom stereocenters. The van der Waals surface area contributed by atoms with Crippen LogP contribution in [0.4, 0.5) is 0 Å². The number of rotatable bonds is 8. The Hall–Kier alpha value is -2.11. The molecule has 0 spiro atoms. The second-order valence-corrected chi connectivity index (χ2v) is 11.4. The zero-order chi connectivity index (χ0) is 25.1. The van der Waals surface area contributed by atoms with E-state index in [-0.39, 0.29) is 5.97 Å². The van der Waals surface area contributed by atoms with Gasteiger partial charge in [-0.25, -0.2) is 4.79 Å². The minimum absolute atomic E-state index is 0.356. The Kier molecular flexibility index (Phi) is 8.07. The van der Waals surface area contributed by atoms with Gasteiger partial charge in [-0.1, -0.05) is 56.9 Å². The molecule has 4 rings (SSSR count). The molecule has 1 saturated carbocycles. The van der Waals surface area contributed by atoms with E-state index in [1.54, 1.807) is 12.1 Å². The summed E-state index contributed by atoms with van der Waals surface area (Å²) in [4.78, 5) is 12.7. The molecule has 4 nitrogen and oxygen atoms in total. The Morgan fingerprint density at radius 3 is 2.06 bits per heavy atom. The summed E-state index contributed by atoms with van der Waals surface area (Å²) in [5, 5.41) is 0. The molecule has 1 aliphatic carbocycles. The Morgan fingerprint density at radius 1 is 0.886 bits per heavy atom. The Bertz CT molecular complexity index is 956. The van der Waals surface area contributed by atoms with Crippen molar-refractivity contribution in [3.63, 3.8) is 0 Å². The molecule has 35 heavy (non-hydrogen) atoms. The fraction of sp³-hybridized carbons (Fsp3) is 0.567. The van der Waals surface area contributed by atoms with Crippen LogP contribution in [0.5, 0.6) is 5.75 Å². The van der Waals surface area contributed by atoms with Gasteiger partial charge in [0.1, 0.15) is 5.75 Å². The zero-order valence-corrected chi connectivity index (χ0v) is 22.1. The quantitative estimate of drug-likeness (QED) is 0.177. The van der Waals surface area contributed by atoms with Crippen LogP contribution in [0.1, 0.15) is 108 Å². The van der Waals surface area contributed by atoms with Crippen molar-refractivity contribution in [1.82, 2.24) is 0 Å². The highest BCUT2D eigenvalue weighted by Gasteiger charge is 2.51. The molecule has 1 aliphatic heterocycles. The van der Waals surface area contributed by atoms with E-state index < -0.39 is 18.3 Å². The van der Waals surface area contributed by atoms with E-state index in [4.69, 9.17) is 14.0 Å². The molecule has 2 aromatic carbocycles. The number of hydrogen-bond acceptors (Lipinski definition) is 4. The van der Waals surface area contributed by atoms with E-state index >= 15 is 0 Å². The standard InChI is InChI=1S/C30H41BO4/c1-6-7-8-9-22-10-12-23(13-11-22)24-16-20-27(21-17-24)33-28(32)25-14-18-26(19-15-25)31-34-29(2,3)30(4,5)35-31/h14-23H,6-13H2,1-5H3. The number of unbranched alkanes of at least 4 members (excludes halogenated alkanes) is 2. The summed E-state index contributed by atoms with van der Waals surface area (Å²) in [5.41, 5.74) is 1.98. The molecule has 0 aromatic heterocycles. The molecular weight excluding hydrogens is 435 g/mol. The van der Waals surface area contributed by atoms with Crippen LogP contribution in [-0.4, -0.2) is 24.3 Å². The molecule has 1 heterocycles. The number of carbonyl (C=O) groups is 1. The van der Waals surface area contributed by atoms with Crippen molar-refractivity contribution >= 4 is 18.6 Å². The average molecular weight is 476 g/mol. The van der Waals surface area contributed by atoms with E-state index in [0.29, 0.717) is 17.2 Å². The lowest BCUT2D eigenvalue weighted by Crippen LogP contribution is -2.41. The summed E-state index contributed by atoms with van der Waals surface area (Å²) in [7, 11) is -0.441. The summed E-state index contributed by atoms with van der Waals surface area (Å²) >= 11 is 0. The first-order chi connectivity index (χ1) is 16.7. The molecule has 0 bridgehead atoms. The van der Waals surface area contributed by atoms with Gasteiger partial charge in [0.25, 0.3) is 0 Å². The van der Waals surface area contributed by atoms with Crippen molar-refractivity contribution in [3.8, 4) is 5.75 Å². The van der Waals surface area contributed by atoms with Gasteiger partial charge in [0, 0.05) is 0 Å². The Balaban J connectivity index is 1.29. The van der Waals surface area contributed by atoms with Crippen LogP contribution >= 0.6 is 0 Å². The number of esters is 1. The van der Waals surface area contributed by atoms with Crippen LogP contribution in [0.2, 0.25) is 0 Å². The molecule has 5 heteroatoms. The minimum atomic E-state index is -0.441. The second-order valence-electron chi connectivity index (χ2n) is 11.4. The summed E-state index contributed by atoms with van der Waals surface area (Å²) in [5.74, 6) is 1.77. The molecule has 2 aromatic rings. The minimum Gasteiger partial charge on any atom is -0.423 e. The van der Waals surface area contributed by atoms with Crippen LogP contribution in [0.25, 0.3) is 0 Å². The van der Waals surface area contributed by atoms with Crippen molar-refractivity contribution in [1.29, 1.82) is 0 Å². The summed E-state index contributed by atoms with van der Waals surface area (Å²) in [6.45, 7) is 10.4. The maximum Gasteiger partial charge on any atom is 0.494 e. The van der Waals surface area contributed by atoms with Crippen molar-refractivity contribution in [2.75, 3.05) is 0 Å². The van der Waals surface area contributed by atoms with Gasteiger partial charge in [-0.2, -0.15) is 0 Å². The van der Waals surface area contributed by atoms with Gasteiger partial charge >= 0.3 is 13.1 Å². The first-order valence-corrected chi connectivity index (χ1v) is 13.5. The van der Waals surface area contributed by atoms with Crippen molar-refractivity contribution < 1.29 is 18.8 Å². The van der Waals surface area contributed by atoms with E-state index in [2.05, 4.69) is 19.1 Å². The number of hydrogen-bond donors (Lipinski definition) is 0. The normalized spacial score (nSPS) is 23.3. The van der Waals surface area contributed by atoms with Gasteiger partial charge in [0.05, 0.1) is 16.8 Å². The summed E-state index contributed by atoms with van der Waals surface area (Å²) in [6, 6.07) is 15.4. The van der Waals surface area contributed by atoms with Crippen LogP contribution in [-0.2, 0) is 9.31 Å². The van der Waals surface area contributed by atoms with Gasteiger partial charge in [-0.3, -0.25) is 0 Å². The van der Waals surface area contributed by atoms with Gasteiger partial charge in [-0.15, -0.1) is 0 Å². The fourth-order valence-corrected chi connectivity index (χ4v) is 5.20. The lowest BCUT2D eigenvalue weighted by molar-refractivity contribution is 0.00578.